The van der Waals surface area contributed by atoms with E-state index in [0.29, 0.717) is 10.0 Å². The molecule has 0 radical (unpaired) electrons. The molecule has 128 valence electrons. The van der Waals surface area contributed by atoms with Crippen LogP contribution in [0, 0.1) is 12.8 Å². The molecular formula is C18H21Cl2N3S. The molecule has 0 unspecified atom stereocenters. The van der Waals surface area contributed by atoms with Gasteiger partial charge in [-0.2, -0.15) is 0 Å². The Bertz CT molecular complexity index is 703. The number of aromatic nitrogens is 2. The number of nitrogens with one attached hydrogen (secondary N) is 1. The minimum absolute atomic E-state index is 0.554. The fourth-order valence-corrected chi connectivity index (χ4v) is 4.29. The van der Waals surface area contributed by atoms with E-state index in [-0.39, 0.29) is 0 Å². The first-order chi connectivity index (χ1) is 11.6. The third-order valence-electron chi connectivity index (χ3n) is 4.32. The van der Waals surface area contributed by atoms with Gasteiger partial charge in [-0.25, -0.2) is 9.97 Å². The van der Waals surface area contributed by atoms with Crippen molar-refractivity contribution in [2.24, 2.45) is 5.92 Å². The van der Waals surface area contributed by atoms with E-state index in [1.807, 2.05) is 19.1 Å². The highest BCUT2D eigenvalue weighted by Gasteiger charge is 2.14. The van der Waals surface area contributed by atoms with Gasteiger partial charge in [0.2, 0.25) is 0 Å². The van der Waals surface area contributed by atoms with Gasteiger partial charge in [0.1, 0.15) is 10.8 Å². The van der Waals surface area contributed by atoms with Crippen molar-refractivity contribution < 1.29 is 0 Å². The second kappa shape index (κ2) is 8.41. The molecule has 24 heavy (non-hydrogen) atoms. The molecule has 0 spiro atoms. The van der Waals surface area contributed by atoms with Gasteiger partial charge >= 0.3 is 0 Å². The second-order valence-corrected chi connectivity index (χ2v) is 8.00. The Labute approximate surface area is 157 Å². The summed E-state index contributed by atoms with van der Waals surface area (Å²) in [5, 5.41) is 5.40. The third-order valence-corrected chi connectivity index (χ3v) is 6.41. The summed E-state index contributed by atoms with van der Waals surface area (Å²) < 4.78 is 0. The normalized spacial score (nSPS) is 15.5. The summed E-state index contributed by atoms with van der Waals surface area (Å²) in [6.45, 7) is 2.96. The van der Waals surface area contributed by atoms with Gasteiger partial charge in [0.05, 0.1) is 21.9 Å². The fourth-order valence-electron chi connectivity index (χ4n) is 2.96. The van der Waals surface area contributed by atoms with E-state index in [1.165, 1.54) is 43.9 Å². The summed E-state index contributed by atoms with van der Waals surface area (Å²) in [5.74, 6) is 1.61. The minimum atomic E-state index is 0.554. The van der Waals surface area contributed by atoms with Crippen molar-refractivity contribution in [1.82, 2.24) is 9.97 Å². The molecule has 0 amide bonds. The van der Waals surface area contributed by atoms with Crippen LogP contribution in [-0.4, -0.2) is 16.5 Å². The maximum atomic E-state index is 6.25. The Kier molecular flexibility index (Phi) is 6.25. The zero-order valence-corrected chi connectivity index (χ0v) is 16.0. The summed E-state index contributed by atoms with van der Waals surface area (Å²) in [5.41, 5.74) is 0.893. The van der Waals surface area contributed by atoms with Crippen molar-refractivity contribution in [2.45, 2.75) is 48.9 Å². The van der Waals surface area contributed by atoms with E-state index in [0.717, 1.165) is 33.9 Å². The zero-order chi connectivity index (χ0) is 16.9. The average Bonchev–Trinajstić information content (AvgIpc) is 2.60. The highest BCUT2D eigenvalue weighted by molar-refractivity contribution is 7.99. The largest absolute Gasteiger partial charge is 0.369 e. The van der Waals surface area contributed by atoms with Crippen molar-refractivity contribution in [3.8, 4) is 0 Å². The van der Waals surface area contributed by atoms with Crippen LogP contribution in [-0.2, 0) is 0 Å². The van der Waals surface area contributed by atoms with Gasteiger partial charge in [0.25, 0.3) is 0 Å². The van der Waals surface area contributed by atoms with Crippen molar-refractivity contribution in [2.75, 3.05) is 11.9 Å². The molecule has 1 fully saturated rings. The van der Waals surface area contributed by atoms with Gasteiger partial charge in [0.15, 0.2) is 0 Å². The zero-order valence-electron chi connectivity index (χ0n) is 13.7. The second-order valence-electron chi connectivity index (χ2n) is 6.18. The molecule has 0 atom stereocenters. The predicted octanol–water partition coefficient (Wildman–Crippen LogP) is 6.24. The van der Waals surface area contributed by atoms with Crippen molar-refractivity contribution in [3.05, 3.63) is 40.1 Å². The van der Waals surface area contributed by atoms with E-state index >= 15 is 0 Å². The lowest BCUT2D eigenvalue weighted by Crippen LogP contribution is -2.18. The summed E-state index contributed by atoms with van der Waals surface area (Å²) in [6, 6.07) is 5.61. The van der Waals surface area contributed by atoms with Gasteiger partial charge in [-0.3, -0.25) is 0 Å². The van der Waals surface area contributed by atoms with Crippen LogP contribution in [0.25, 0.3) is 0 Å². The first-order valence-electron chi connectivity index (χ1n) is 8.33. The van der Waals surface area contributed by atoms with E-state index in [1.54, 1.807) is 12.3 Å². The number of benzene rings is 1. The first kappa shape index (κ1) is 17.8. The lowest BCUT2D eigenvalue weighted by Gasteiger charge is -2.22. The van der Waals surface area contributed by atoms with Gasteiger partial charge in [-0.15, -0.1) is 0 Å². The molecule has 1 saturated carbocycles. The number of anilines is 1. The summed E-state index contributed by atoms with van der Waals surface area (Å²) in [7, 11) is 0. The van der Waals surface area contributed by atoms with Gasteiger partial charge < -0.3 is 5.32 Å². The number of rotatable bonds is 5. The first-order valence-corrected chi connectivity index (χ1v) is 9.90. The molecule has 1 aliphatic carbocycles. The molecule has 2 aromatic rings. The lowest BCUT2D eigenvalue weighted by molar-refractivity contribution is 0.373. The molecule has 1 N–H and O–H groups in total. The molecule has 1 aromatic carbocycles. The summed E-state index contributed by atoms with van der Waals surface area (Å²) >= 11 is 13.8. The smallest absolute Gasteiger partial charge is 0.144 e. The van der Waals surface area contributed by atoms with Crippen LogP contribution in [0.1, 0.15) is 37.8 Å². The summed E-state index contributed by atoms with van der Waals surface area (Å²) in [6.07, 6.45) is 8.53. The highest BCUT2D eigenvalue weighted by Crippen LogP contribution is 2.37. The maximum Gasteiger partial charge on any atom is 0.144 e. The monoisotopic (exact) mass is 381 g/mol. The van der Waals surface area contributed by atoms with Crippen LogP contribution >= 0.6 is 35.0 Å². The van der Waals surface area contributed by atoms with Crippen molar-refractivity contribution in [1.29, 1.82) is 0 Å². The molecule has 3 rings (SSSR count). The number of aryl methyl sites for hydroxylation is 1. The maximum absolute atomic E-state index is 6.25. The number of halogens is 2. The van der Waals surface area contributed by atoms with Gasteiger partial charge in [-0.1, -0.05) is 60.3 Å². The molecule has 1 aromatic heterocycles. The van der Waals surface area contributed by atoms with Gasteiger partial charge in [-0.05, 0) is 37.8 Å². The highest BCUT2D eigenvalue weighted by atomic mass is 35.5. The van der Waals surface area contributed by atoms with Gasteiger partial charge in [0, 0.05) is 11.4 Å². The molecule has 6 heteroatoms. The van der Waals surface area contributed by atoms with Crippen LogP contribution in [0.3, 0.4) is 0 Å². The summed E-state index contributed by atoms with van der Waals surface area (Å²) in [4.78, 5) is 10.1. The molecule has 0 saturated heterocycles. The van der Waals surface area contributed by atoms with Crippen molar-refractivity contribution >= 4 is 40.8 Å². The Morgan fingerprint density at radius 3 is 2.75 bits per heavy atom. The predicted molar refractivity (Wildman–Crippen MR) is 102 cm³/mol. The topological polar surface area (TPSA) is 37.8 Å². The Morgan fingerprint density at radius 2 is 2.00 bits per heavy atom. The van der Waals surface area contributed by atoms with Crippen LogP contribution in [0.2, 0.25) is 10.0 Å². The van der Waals surface area contributed by atoms with Crippen molar-refractivity contribution in [3.63, 3.8) is 0 Å². The minimum Gasteiger partial charge on any atom is -0.369 e. The standard InChI is InChI=1S/C18H21Cl2N3S/c1-12-18(24-15-9-5-8-14(19)17(15)20)22-11-16(23-12)21-10-13-6-3-2-4-7-13/h5,8-9,11,13H,2-4,6-7,10H2,1H3,(H,21,23). The molecular weight excluding hydrogens is 361 g/mol. The van der Waals surface area contributed by atoms with Crippen LogP contribution in [0.5, 0.6) is 0 Å². The van der Waals surface area contributed by atoms with Crippen LogP contribution in [0.15, 0.2) is 34.3 Å². The Hall–Kier alpha value is -0.970. The van der Waals surface area contributed by atoms with E-state index < -0.39 is 0 Å². The number of nitrogens with zero attached hydrogens (tertiary/aromatic N) is 2. The van der Waals surface area contributed by atoms with E-state index in [2.05, 4.69) is 15.3 Å². The average molecular weight is 382 g/mol. The molecule has 1 aliphatic rings. The fraction of sp³-hybridized carbons (Fsp3) is 0.444. The molecule has 3 nitrogen and oxygen atoms in total. The van der Waals surface area contributed by atoms with Crippen LogP contribution in [0.4, 0.5) is 5.82 Å². The molecule has 0 aliphatic heterocycles. The Morgan fingerprint density at radius 1 is 1.21 bits per heavy atom. The Balaban J connectivity index is 1.64. The van der Waals surface area contributed by atoms with E-state index in [4.69, 9.17) is 23.2 Å². The number of hydrogen-bond acceptors (Lipinski definition) is 4. The quantitative estimate of drug-likeness (QED) is 0.665. The van der Waals surface area contributed by atoms with Crippen LogP contribution < -0.4 is 5.32 Å². The lowest BCUT2D eigenvalue weighted by atomic mass is 9.89. The molecule has 1 heterocycles. The third kappa shape index (κ3) is 4.56. The van der Waals surface area contributed by atoms with E-state index in [9.17, 15) is 0 Å². The molecule has 0 bridgehead atoms. The number of hydrogen-bond donors (Lipinski definition) is 1. The SMILES string of the molecule is Cc1nc(NCC2CCCCC2)cnc1Sc1cccc(Cl)c1Cl.